The lowest BCUT2D eigenvalue weighted by Crippen LogP contribution is -2.32. The maximum atomic E-state index is 14.3. The summed E-state index contributed by atoms with van der Waals surface area (Å²) in [6.07, 6.45) is 1.03. The van der Waals surface area contributed by atoms with Gasteiger partial charge in [-0.2, -0.15) is 38.4 Å². The molecule has 2 aromatic rings. The second-order valence-electron chi connectivity index (χ2n) is 5.89. The van der Waals surface area contributed by atoms with E-state index in [4.69, 9.17) is 0 Å². The lowest BCUT2D eigenvalue weighted by molar-refractivity contribution is -0.0543. The zero-order chi connectivity index (χ0) is 21.0. The minimum atomic E-state index is -6.54. The summed E-state index contributed by atoms with van der Waals surface area (Å²) >= 11 is 0. The normalized spacial score (nSPS) is 22.3. The van der Waals surface area contributed by atoms with Gasteiger partial charge in [-0.05, 0) is 30.2 Å². The van der Waals surface area contributed by atoms with Gasteiger partial charge in [0.2, 0.25) is 0 Å². The number of hydrogen-bond acceptors (Lipinski definition) is 3. The van der Waals surface area contributed by atoms with Crippen LogP contribution in [0.1, 0.15) is 16.7 Å². The van der Waals surface area contributed by atoms with Crippen molar-refractivity contribution in [2.75, 3.05) is 0 Å². The van der Waals surface area contributed by atoms with Gasteiger partial charge < -0.3 is 0 Å². The van der Waals surface area contributed by atoms with Crippen molar-refractivity contribution in [1.29, 1.82) is 0 Å². The molecule has 0 bridgehead atoms. The first-order valence-electron chi connectivity index (χ1n) is 7.59. The Labute approximate surface area is 158 Å². The van der Waals surface area contributed by atoms with E-state index in [2.05, 4.69) is 3.63 Å². The zero-order valence-corrected chi connectivity index (χ0v) is 15.6. The summed E-state index contributed by atoms with van der Waals surface area (Å²) in [6, 6.07) is 10.4. The van der Waals surface area contributed by atoms with Crippen molar-refractivity contribution >= 4 is 31.4 Å². The Balaban J connectivity index is 2.35. The van der Waals surface area contributed by atoms with E-state index in [1.54, 1.807) is 13.0 Å². The topological polar surface area (TPSA) is 43.4 Å². The third kappa shape index (κ3) is 3.20. The number of hydrogen-bond donors (Lipinski definition) is 0. The number of aryl methyl sites for hydroxylation is 1. The maximum absolute atomic E-state index is 14.3. The molecule has 3 rings (SSSR count). The van der Waals surface area contributed by atoms with E-state index in [0.717, 1.165) is 12.1 Å². The van der Waals surface area contributed by atoms with Crippen LogP contribution in [0.5, 0.6) is 0 Å². The molecule has 0 N–H and O–H groups in total. The molecule has 2 aromatic carbocycles. The fourth-order valence-electron chi connectivity index (χ4n) is 2.79. The molecule has 1 atom stereocenters. The highest BCUT2D eigenvalue weighted by Gasteiger charge is 2.64. The number of alkyl halides is 6. The number of fused-ring (bicyclic) bond motifs is 1. The first-order chi connectivity index (χ1) is 12.8. The van der Waals surface area contributed by atoms with E-state index < -0.39 is 41.2 Å². The summed E-state index contributed by atoms with van der Waals surface area (Å²) in [5.41, 5.74) is -11.0. The van der Waals surface area contributed by atoms with Gasteiger partial charge in [0, 0.05) is 20.1 Å². The molecule has 0 saturated heterocycles. The predicted molar refractivity (Wildman–Crippen MR) is 93.5 cm³/mol. The van der Waals surface area contributed by atoms with Crippen molar-refractivity contribution in [3.8, 4) is 0 Å². The van der Waals surface area contributed by atoms with Crippen LogP contribution in [0.15, 0.2) is 53.4 Å². The summed E-state index contributed by atoms with van der Waals surface area (Å²) in [6.45, 7) is 1.59. The molecular formula is C17H12F6O3S2. The number of benzene rings is 2. The Kier molecular flexibility index (Phi) is 4.84. The highest BCUT2D eigenvalue weighted by Crippen LogP contribution is 2.80. The summed E-state index contributed by atoms with van der Waals surface area (Å²) in [7, 11) is -11.6. The first-order valence-corrected chi connectivity index (χ1v) is 10.6. The van der Waals surface area contributed by atoms with Gasteiger partial charge in [-0.15, -0.1) is 0 Å². The highest BCUT2D eigenvalue weighted by atomic mass is 32.3. The van der Waals surface area contributed by atoms with Crippen LogP contribution in [0.25, 0.3) is 11.0 Å². The molecule has 28 heavy (non-hydrogen) atoms. The molecule has 1 unspecified atom stereocenters. The Bertz CT molecular complexity index is 1060. The second kappa shape index (κ2) is 6.53. The molecule has 0 radical (unpaired) electrons. The van der Waals surface area contributed by atoms with Gasteiger partial charge in [0.05, 0.1) is 0 Å². The second-order valence-corrected chi connectivity index (χ2v) is 10.3. The first kappa shape index (κ1) is 20.7. The summed E-state index contributed by atoms with van der Waals surface area (Å²) < 4.78 is 109. The van der Waals surface area contributed by atoms with Crippen LogP contribution in [0, 0.1) is 6.92 Å². The summed E-state index contributed by atoms with van der Waals surface area (Å²) in [4.78, 5) is -1.30. The minimum Gasteiger partial charge on any atom is -0.196 e. The van der Waals surface area contributed by atoms with Crippen LogP contribution in [0.2, 0.25) is 0 Å². The van der Waals surface area contributed by atoms with Crippen LogP contribution in [-0.4, -0.2) is 19.4 Å². The van der Waals surface area contributed by atoms with Gasteiger partial charge in [-0.3, -0.25) is 0 Å². The molecule has 11 heteroatoms. The maximum Gasteiger partial charge on any atom is 0.523 e. The minimum absolute atomic E-state index is 0.0521. The van der Waals surface area contributed by atoms with Crippen molar-refractivity contribution < 1.29 is 38.4 Å². The van der Waals surface area contributed by atoms with Crippen molar-refractivity contribution in [3.05, 3.63) is 65.2 Å². The average molecular weight is 442 g/mol. The lowest BCUT2D eigenvalue weighted by Gasteiger charge is -2.39. The molecule has 1 heterocycles. The van der Waals surface area contributed by atoms with Gasteiger partial charge in [0.25, 0.3) is 0 Å². The SMILES string of the molecule is Cc1cccc(C2=Cc3ccccc3S2(OS(=O)(=O)C(F)(F)F)C(F)(F)F)c1. The van der Waals surface area contributed by atoms with E-state index in [1.807, 2.05) is 0 Å². The zero-order valence-electron chi connectivity index (χ0n) is 14.0. The van der Waals surface area contributed by atoms with Gasteiger partial charge in [-0.1, -0.05) is 48.0 Å². The Hall–Kier alpha value is -1.98. The van der Waals surface area contributed by atoms with Crippen LogP contribution >= 0.6 is 10.3 Å². The molecule has 0 amide bonds. The predicted octanol–water partition coefficient (Wildman–Crippen LogP) is 5.97. The largest absolute Gasteiger partial charge is 0.523 e. The third-order valence-electron chi connectivity index (χ3n) is 3.93. The molecule has 0 spiro atoms. The molecule has 0 aromatic heterocycles. The fraction of sp³-hybridized carbons (Fsp3) is 0.176. The standard InChI is InChI=1S/C17H12F6O3S2/c1-11-5-4-7-12(9-11)15-10-13-6-2-3-8-14(13)27(15,16(18,19)20)26-28(24,25)17(21,22)23/h2-10H,1H3. The van der Waals surface area contributed by atoms with E-state index in [9.17, 15) is 34.8 Å². The third-order valence-corrected chi connectivity index (χ3v) is 8.64. The van der Waals surface area contributed by atoms with Crippen molar-refractivity contribution in [1.82, 2.24) is 0 Å². The molecule has 0 aliphatic carbocycles. The summed E-state index contributed by atoms with van der Waals surface area (Å²) in [5.74, 6) is 0. The van der Waals surface area contributed by atoms with E-state index in [1.165, 1.54) is 36.4 Å². The fourth-order valence-corrected chi connectivity index (χ4v) is 7.28. The van der Waals surface area contributed by atoms with E-state index >= 15 is 0 Å². The van der Waals surface area contributed by atoms with Crippen LogP contribution < -0.4 is 0 Å². The van der Waals surface area contributed by atoms with Gasteiger partial charge in [0.15, 0.2) is 0 Å². The molecule has 152 valence electrons. The van der Waals surface area contributed by atoms with Crippen molar-refractivity contribution in [3.63, 3.8) is 0 Å². The quantitative estimate of drug-likeness (QED) is 0.435. The summed E-state index contributed by atoms with van der Waals surface area (Å²) in [5, 5.41) is 0. The van der Waals surface area contributed by atoms with Crippen LogP contribution in [0.3, 0.4) is 0 Å². The van der Waals surface area contributed by atoms with E-state index in [0.29, 0.717) is 5.56 Å². The van der Waals surface area contributed by atoms with Crippen molar-refractivity contribution in [2.24, 2.45) is 0 Å². The number of rotatable bonds is 3. The highest BCUT2D eigenvalue weighted by molar-refractivity contribution is 8.41. The number of halogens is 6. The van der Waals surface area contributed by atoms with Gasteiger partial charge in [-0.25, -0.2) is 0 Å². The lowest BCUT2D eigenvalue weighted by atomic mass is 10.1. The van der Waals surface area contributed by atoms with Crippen LogP contribution in [0.4, 0.5) is 26.3 Å². The molecule has 0 saturated carbocycles. The molecule has 1 aliphatic rings. The monoisotopic (exact) mass is 442 g/mol. The Morgan fingerprint density at radius 2 is 1.57 bits per heavy atom. The molecule has 3 nitrogen and oxygen atoms in total. The average Bonchev–Trinajstić information content (AvgIpc) is 2.89. The van der Waals surface area contributed by atoms with E-state index in [-0.39, 0.29) is 11.1 Å². The van der Waals surface area contributed by atoms with Gasteiger partial charge >= 0.3 is 21.1 Å². The molecule has 0 fully saturated rings. The Morgan fingerprint density at radius 3 is 2.14 bits per heavy atom. The molecule has 1 aliphatic heterocycles. The van der Waals surface area contributed by atoms with Crippen molar-refractivity contribution in [2.45, 2.75) is 22.8 Å². The van der Waals surface area contributed by atoms with Gasteiger partial charge in [0.1, 0.15) is 0 Å². The Morgan fingerprint density at radius 1 is 0.929 bits per heavy atom. The smallest absolute Gasteiger partial charge is 0.196 e. The van der Waals surface area contributed by atoms with Crippen LogP contribution in [-0.2, 0) is 13.7 Å². The molecular weight excluding hydrogens is 430 g/mol.